The Kier molecular flexibility index (Phi) is 6.67. The normalized spacial score (nSPS) is 15.1. The van der Waals surface area contributed by atoms with Crippen molar-refractivity contribution < 1.29 is 32.0 Å². The van der Waals surface area contributed by atoms with Gasteiger partial charge in [0, 0.05) is 23.6 Å². The summed E-state index contributed by atoms with van der Waals surface area (Å²) in [4.78, 5) is 24.1. The number of anilines is 1. The van der Waals surface area contributed by atoms with E-state index in [1.54, 1.807) is 6.92 Å². The van der Waals surface area contributed by atoms with E-state index >= 15 is 0 Å². The molecule has 1 aromatic carbocycles. The molecule has 3 rings (SSSR count). The van der Waals surface area contributed by atoms with Crippen LogP contribution in [0.25, 0.3) is 0 Å². The van der Waals surface area contributed by atoms with Crippen molar-refractivity contribution >= 4 is 43.7 Å². The number of aryl methyl sites for hydroxylation is 1. The topological polar surface area (TPSA) is 128 Å². The molecule has 10 nitrogen and oxygen atoms in total. The van der Waals surface area contributed by atoms with Crippen molar-refractivity contribution in [2.24, 2.45) is 0 Å². The third-order valence-corrected chi connectivity index (χ3v) is 6.87. The molecular formula is C17H18BrN3O7S. The molecule has 0 unspecified atom stereocenters. The summed E-state index contributed by atoms with van der Waals surface area (Å²) < 4.78 is 42.3. The predicted octanol–water partition coefficient (Wildman–Crippen LogP) is 1.56. The van der Waals surface area contributed by atoms with Gasteiger partial charge in [0.1, 0.15) is 0 Å². The van der Waals surface area contributed by atoms with Gasteiger partial charge in [-0.1, -0.05) is 5.16 Å². The summed E-state index contributed by atoms with van der Waals surface area (Å²) in [6, 6.07) is 5.58. The van der Waals surface area contributed by atoms with Crippen LogP contribution in [0.3, 0.4) is 0 Å². The van der Waals surface area contributed by atoms with E-state index in [-0.39, 0.29) is 29.4 Å². The summed E-state index contributed by atoms with van der Waals surface area (Å²) in [6.07, 6.45) is 0. The molecule has 0 bridgehead atoms. The Labute approximate surface area is 175 Å². The minimum Gasteiger partial charge on any atom is -0.452 e. The highest BCUT2D eigenvalue weighted by Crippen LogP contribution is 2.27. The molecule has 0 saturated carbocycles. The van der Waals surface area contributed by atoms with Crippen LogP contribution in [0.5, 0.6) is 0 Å². The maximum atomic E-state index is 12.9. The van der Waals surface area contributed by atoms with Crippen LogP contribution in [0.1, 0.15) is 16.1 Å². The molecule has 0 aliphatic carbocycles. The molecule has 1 aromatic heterocycles. The van der Waals surface area contributed by atoms with Crippen LogP contribution in [-0.4, -0.2) is 62.7 Å². The summed E-state index contributed by atoms with van der Waals surface area (Å²) >= 11 is 3.21. The first-order valence-electron chi connectivity index (χ1n) is 8.55. The van der Waals surface area contributed by atoms with E-state index in [4.69, 9.17) is 14.0 Å². The second-order valence-corrected chi connectivity index (χ2v) is 8.88. The molecule has 156 valence electrons. The number of ether oxygens (including phenoxy) is 2. The summed E-state index contributed by atoms with van der Waals surface area (Å²) in [6.45, 7) is 2.18. The Morgan fingerprint density at radius 1 is 1.28 bits per heavy atom. The second-order valence-electron chi connectivity index (χ2n) is 6.12. The van der Waals surface area contributed by atoms with Gasteiger partial charge in [0.05, 0.1) is 29.4 Å². The van der Waals surface area contributed by atoms with Gasteiger partial charge in [-0.05, 0) is 41.1 Å². The highest BCUT2D eigenvalue weighted by molar-refractivity contribution is 9.10. The Morgan fingerprint density at radius 2 is 2.00 bits per heavy atom. The lowest BCUT2D eigenvalue weighted by atomic mass is 10.2. The third-order valence-electron chi connectivity index (χ3n) is 3.98. The number of hydrogen-bond acceptors (Lipinski definition) is 8. The van der Waals surface area contributed by atoms with Crippen LogP contribution in [0.15, 0.2) is 38.2 Å². The van der Waals surface area contributed by atoms with E-state index in [0.29, 0.717) is 23.4 Å². The number of nitrogens with one attached hydrogen (secondary N) is 1. The first-order valence-corrected chi connectivity index (χ1v) is 10.8. The van der Waals surface area contributed by atoms with Gasteiger partial charge in [0.2, 0.25) is 15.9 Å². The fourth-order valence-electron chi connectivity index (χ4n) is 2.56. The zero-order valence-electron chi connectivity index (χ0n) is 15.4. The zero-order chi connectivity index (χ0) is 21.0. The molecule has 1 aliphatic rings. The van der Waals surface area contributed by atoms with Gasteiger partial charge in [0.15, 0.2) is 6.61 Å². The van der Waals surface area contributed by atoms with Crippen LogP contribution in [-0.2, 0) is 24.3 Å². The van der Waals surface area contributed by atoms with E-state index < -0.39 is 28.5 Å². The van der Waals surface area contributed by atoms with E-state index in [9.17, 15) is 18.0 Å². The van der Waals surface area contributed by atoms with Crippen LogP contribution in [0, 0.1) is 6.92 Å². The van der Waals surface area contributed by atoms with Gasteiger partial charge in [-0.2, -0.15) is 4.31 Å². The molecule has 29 heavy (non-hydrogen) atoms. The Hall–Kier alpha value is -2.28. The number of carbonyl (C=O) groups excluding carboxylic acids is 2. The van der Waals surface area contributed by atoms with Crippen molar-refractivity contribution in [2.75, 3.05) is 38.2 Å². The molecule has 0 atom stereocenters. The predicted molar refractivity (Wildman–Crippen MR) is 104 cm³/mol. The van der Waals surface area contributed by atoms with E-state index in [1.165, 1.54) is 28.6 Å². The first-order chi connectivity index (χ1) is 13.8. The molecular weight excluding hydrogens is 470 g/mol. The maximum absolute atomic E-state index is 12.9. The number of morpholine rings is 1. The quantitative estimate of drug-likeness (QED) is 0.607. The average Bonchev–Trinajstić information content (AvgIpc) is 3.11. The van der Waals surface area contributed by atoms with Gasteiger partial charge in [0.25, 0.3) is 5.91 Å². The van der Waals surface area contributed by atoms with Gasteiger partial charge < -0.3 is 14.0 Å². The molecule has 1 fully saturated rings. The van der Waals surface area contributed by atoms with Crippen molar-refractivity contribution in [3.05, 3.63) is 40.0 Å². The number of sulfonamides is 1. The highest BCUT2D eigenvalue weighted by Gasteiger charge is 2.29. The van der Waals surface area contributed by atoms with E-state index in [1.807, 2.05) is 0 Å². The number of hydrogen-bond donors (Lipinski definition) is 1. The first kappa shape index (κ1) is 21.4. The second kappa shape index (κ2) is 9.03. The Balaban J connectivity index is 1.68. The van der Waals surface area contributed by atoms with Crippen molar-refractivity contribution in [1.82, 2.24) is 9.46 Å². The Bertz CT molecular complexity index is 1020. The number of aromatic nitrogens is 1. The van der Waals surface area contributed by atoms with Crippen LogP contribution >= 0.6 is 15.9 Å². The fraction of sp³-hybridized carbons (Fsp3) is 0.353. The molecule has 2 heterocycles. The molecule has 12 heteroatoms. The van der Waals surface area contributed by atoms with E-state index in [2.05, 4.69) is 26.4 Å². The molecule has 0 spiro atoms. The van der Waals surface area contributed by atoms with Crippen molar-refractivity contribution in [1.29, 1.82) is 0 Å². The maximum Gasteiger partial charge on any atom is 0.338 e. The van der Waals surface area contributed by atoms with Crippen molar-refractivity contribution in [3.8, 4) is 0 Å². The fourth-order valence-corrected chi connectivity index (χ4v) is 4.92. The van der Waals surface area contributed by atoms with Crippen LogP contribution in [0.4, 0.5) is 5.88 Å². The highest BCUT2D eigenvalue weighted by atomic mass is 79.9. The molecule has 1 N–H and O–H groups in total. The lowest BCUT2D eigenvalue weighted by molar-refractivity contribution is -0.119. The molecule has 1 saturated heterocycles. The number of halogens is 1. The summed E-state index contributed by atoms with van der Waals surface area (Å²) in [5.41, 5.74) is 0.588. The van der Waals surface area contributed by atoms with E-state index in [0.717, 1.165) is 0 Å². The van der Waals surface area contributed by atoms with Gasteiger partial charge in [-0.3, -0.25) is 10.1 Å². The Morgan fingerprint density at radius 3 is 2.66 bits per heavy atom. The number of benzene rings is 1. The third kappa shape index (κ3) is 5.21. The smallest absolute Gasteiger partial charge is 0.338 e. The minimum atomic E-state index is -3.82. The molecule has 0 radical (unpaired) electrons. The summed E-state index contributed by atoms with van der Waals surface area (Å²) in [5.74, 6) is -1.32. The number of amides is 1. The number of nitrogens with zero attached hydrogens (tertiary/aromatic N) is 2. The van der Waals surface area contributed by atoms with Crippen molar-refractivity contribution in [2.45, 2.75) is 11.8 Å². The number of rotatable bonds is 6. The van der Waals surface area contributed by atoms with Crippen LogP contribution < -0.4 is 5.32 Å². The van der Waals surface area contributed by atoms with Crippen LogP contribution in [0.2, 0.25) is 0 Å². The molecule has 2 aromatic rings. The SMILES string of the molecule is Cc1cc(NC(=O)COC(=O)c2ccc(Br)c(S(=O)(=O)N3CCOCC3)c2)on1. The zero-order valence-corrected chi connectivity index (χ0v) is 17.8. The lowest BCUT2D eigenvalue weighted by Gasteiger charge is -2.26. The van der Waals surface area contributed by atoms with Gasteiger partial charge >= 0.3 is 5.97 Å². The number of esters is 1. The van der Waals surface area contributed by atoms with Gasteiger partial charge in [-0.25, -0.2) is 13.2 Å². The monoisotopic (exact) mass is 487 g/mol. The summed E-state index contributed by atoms with van der Waals surface area (Å²) in [7, 11) is -3.82. The largest absolute Gasteiger partial charge is 0.452 e. The number of carbonyl (C=O) groups is 2. The minimum absolute atomic E-state index is 0.00310. The lowest BCUT2D eigenvalue weighted by Crippen LogP contribution is -2.40. The van der Waals surface area contributed by atoms with Gasteiger partial charge in [-0.15, -0.1) is 0 Å². The summed E-state index contributed by atoms with van der Waals surface area (Å²) in [5, 5.41) is 6.01. The average molecular weight is 488 g/mol. The van der Waals surface area contributed by atoms with Crippen molar-refractivity contribution in [3.63, 3.8) is 0 Å². The standard InChI is InChI=1S/C17H18BrN3O7S/c1-11-8-16(28-20-11)19-15(22)10-27-17(23)12-2-3-13(18)14(9-12)29(24,25)21-4-6-26-7-5-21/h2-3,8-9H,4-7,10H2,1H3,(H,19,22). The molecule has 1 aliphatic heterocycles. The molecule has 1 amide bonds.